The summed E-state index contributed by atoms with van der Waals surface area (Å²) < 4.78 is 52.1. The average molecular weight is 444 g/mol. The maximum atomic E-state index is 12.6. The van der Waals surface area contributed by atoms with Gasteiger partial charge in [0.1, 0.15) is 4.21 Å². The molecule has 1 amide bonds. The third-order valence-corrected chi connectivity index (χ3v) is 8.37. The fourth-order valence-electron chi connectivity index (χ4n) is 2.98. The second kappa shape index (κ2) is 8.19. The van der Waals surface area contributed by atoms with Crippen LogP contribution in [0.4, 0.5) is 5.69 Å². The maximum Gasteiger partial charge on any atom is 0.271 e. The molecule has 1 aliphatic heterocycles. The molecule has 1 saturated heterocycles. The normalized spacial score (nSPS) is 18.5. The van der Waals surface area contributed by atoms with E-state index in [2.05, 4.69) is 10.0 Å². The van der Waals surface area contributed by atoms with E-state index in [1.165, 1.54) is 16.4 Å². The molecule has 1 aromatic carbocycles. The summed E-state index contributed by atoms with van der Waals surface area (Å²) in [6, 6.07) is 9.04. The molecule has 1 unspecified atom stereocenters. The van der Waals surface area contributed by atoms with Crippen LogP contribution >= 0.6 is 11.3 Å². The quantitative estimate of drug-likeness (QED) is 0.706. The number of piperidine rings is 1. The van der Waals surface area contributed by atoms with Crippen molar-refractivity contribution in [1.29, 1.82) is 0 Å². The van der Waals surface area contributed by atoms with E-state index in [0.29, 0.717) is 24.9 Å². The number of anilines is 1. The van der Waals surface area contributed by atoms with Crippen LogP contribution in [0.1, 0.15) is 23.2 Å². The Balaban J connectivity index is 1.69. The molecule has 2 aromatic rings. The Morgan fingerprint density at radius 2 is 1.96 bits per heavy atom. The molecule has 0 aliphatic carbocycles. The monoisotopic (exact) mass is 443 g/mol. The van der Waals surface area contributed by atoms with E-state index in [1.807, 2.05) is 0 Å². The molecule has 1 aliphatic rings. The van der Waals surface area contributed by atoms with Crippen molar-refractivity contribution in [3.63, 3.8) is 0 Å². The van der Waals surface area contributed by atoms with E-state index in [9.17, 15) is 21.6 Å². The molecule has 11 heteroatoms. The number of hydrogen-bond donors (Lipinski definition) is 2. The van der Waals surface area contributed by atoms with Gasteiger partial charge in [-0.05, 0) is 42.5 Å². The summed E-state index contributed by atoms with van der Waals surface area (Å²) in [5.74, 6) is -0.377. The number of carbonyl (C=O) groups is 1. The lowest BCUT2D eigenvalue weighted by Gasteiger charge is -2.31. The lowest BCUT2D eigenvalue weighted by molar-refractivity contribution is 0.0921. The molecule has 0 radical (unpaired) electrons. The van der Waals surface area contributed by atoms with Gasteiger partial charge in [-0.2, -0.15) is 0 Å². The molecule has 3 rings (SSSR count). The second-order valence-corrected chi connectivity index (χ2v) is 11.4. The van der Waals surface area contributed by atoms with E-state index >= 15 is 0 Å². The summed E-state index contributed by atoms with van der Waals surface area (Å²) in [5.41, 5.74) is 0.574. The van der Waals surface area contributed by atoms with Gasteiger partial charge < -0.3 is 5.32 Å². The molecule has 0 saturated carbocycles. The van der Waals surface area contributed by atoms with Crippen molar-refractivity contribution in [2.75, 3.05) is 24.1 Å². The maximum absolute atomic E-state index is 12.6. The minimum Gasteiger partial charge on any atom is -0.348 e. The smallest absolute Gasteiger partial charge is 0.271 e. The highest BCUT2D eigenvalue weighted by Gasteiger charge is 2.27. The molecule has 0 bridgehead atoms. The van der Waals surface area contributed by atoms with Gasteiger partial charge in [-0.15, -0.1) is 11.3 Å². The largest absolute Gasteiger partial charge is 0.348 e. The number of hydrogen-bond acceptors (Lipinski definition) is 6. The highest BCUT2D eigenvalue weighted by molar-refractivity contribution is 7.94. The number of rotatable bonds is 6. The predicted octanol–water partition coefficient (Wildman–Crippen LogP) is 1.70. The Bertz CT molecular complexity index is 1050. The highest BCUT2D eigenvalue weighted by Crippen LogP contribution is 2.21. The van der Waals surface area contributed by atoms with Gasteiger partial charge in [0.05, 0.1) is 6.26 Å². The van der Waals surface area contributed by atoms with Crippen molar-refractivity contribution in [3.05, 3.63) is 47.3 Å². The Morgan fingerprint density at radius 3 is 2.64 bits per heavy atom. The third kappa shape index (κ3) is 5.10. The number of amides is 1. The van der Waals surface area contributed by atoms with Crippen LogP contribution in [0.3, 0.4) is 0 Å². The molecule has 28 heavy (non-hydrogen) atoms. The van der Waals surface area contributed by atoms with Gasteiger partial charge in [-0.1, -0.05) is 12.1 Å². The van der Waals surface area contributed by atoms with Crippen LogP contribution in [0.2, 0.25) is 0 Å². The number of carbonyl (C=O) groups excluding carboxylic acids is 1. The number of benzene rings is 1. The van der Waals surface area contributed by atoms with E-state index in [0.717, 1.165) is 17.6 Å². The van der Waals surface area contributed by atoms with E-state index in [4.69, 9.17) is 0 Å². The number of nitrogens with one attached hydrogen (secondary N) is 2. The summed E-state index contributed by atoms with van der Waals surface area (Å²) in [7, 11) is -7.00. The highest BCUT2D eigenvalue weighted by atomic mass is 32.2. The zero-order valence-electron chi connectivity index (χ0n) is 15.2. The average Bonchev–Trinajstić information content (AvgIpc) is 3.17. The fraction of sp³-hybridized carbons (Fsp3) is 0.353. The van der Waals surface area contributed by atoms with E-state index < -0.39 is 20.0 Å². The molecule has 0 spiro atoms. The first-order valence-electron chi connectivity index (χ1n) is 8.57. The Kier molecular flexibility index (Phi) is 6.08. The molecular formula is C17H21N3O5S3. The first kappa shape index (κ1) is 20.8. The summed E-state index contributed by atoms with van der Waals surface area (Å²) in [5, 5.41) is 4.50. The molecule has 1 atom stereocenters. The van der Waals surface area contributed by atoms with Crippen molar-refractivity contribution < 1.29 is 21.6 Å². The van der Waals surface area contributed by atoms with Gasteiger partial charge in [0.25, 0.3) is 15.9 Å². The molecular weight excluding hydrogens is 422 g/mol. The van der Waals surface area contributed by atoms with Gasteiger partial charge in [-0.3, -0.25) is 9.52 Å². The molecule has 2 heterocycles. The summed E-state index contributed by atoms with van der Waals surface area (Å²) >= 11 is 1.10. The Labute approximate surface area is 168 Å². The third-order valence-electron chi connectivity index (χ3n) is 4.33. The van der Waals surface area contributed by atoms with Gasteiger partial charge in [-0.25, -0.2) is 21.1 Å². The van der Waals surface area contributed by atoms with Crippen LogP contribution in [-0.2, 0) is 20.0 Å². The second-order valence-electron chi connectivity index (χ2n) is 6.55. The molecule has 8 nitrogen and oxygen atoms in total. The van der Waals surface area contributed by atoms with Gasteiger partial charge in [0, 0.05) is 30.4 Å². The molecule has 1 fully saturated rings. The SMILES string of the molecule is CS(=O)(=O)N1CCCC(NC(=O)c2cccc(NS(=O)(=O)c3cccs3)c2)C1. The van der Waals surface area contributed by atoms with Gasteiger partial charge in [0.15, 0.2) is 0 Å². The Hall–Kier alpha value is -1.95. The van der Waals surface area contributed by atoms with Crippen LogP contribution in [0.5, 0.6) is 0 Å². The number of sulfonamides is 2. The molecule has 2 N–H and O–H groups in total. The lowest BCUT2D eigenvalue weighted by Crippen LogP contribution is -2.49. The van der Waals surface area contributed by atoms with Crippen LogP contribution in [0.15, 0.2) is 46.0 Å². The standard InChI is InChI=1S/C17H21N3O5S3/c1-27(22,23)20-9-3-7-15(12-20)18-17(21)13-5-2-6-14(11-13)19-28(24,25)16-8-4-10-26-16/h2,4-6,8,10-11,15,19H,3,7,9,12H2,1H3,(H,18,21). The van der Waals surface area contributed by atoms with Crippen molar-refractivity contribution in [2.24, 2.45) is 0 Å². The van der Waals surface area contributed by atoms with Crippen LogP contribution in [0.25, 0.3) is 0 Å². The minimum absolute atomic E-state index is 0.186. The van der Waals surface area contributed by atoms with E-state index in [1.54, 1.807) is 29.6 Å². The van der Waals surface area contributed by atoms with Crippen LogP contribution in [-0.4, -0.2) is 52.4 Å². The lowest BCUT2D eigenvalue weighted by atomic mass is 10.1. The van der Waals surface area contributed by atoms with E-state index in [-0.39, 0.29) is 28.4 Å². The Morgan fingerprint density at radius 1 is 1.18 bits per heavy atom. The van der Waals surface area contributed by atoms with Crippen molar-refractivity contribution >= 4 is 43.0 Å². The van der Waals surface area contributed by atoms with Crippen LogP contribution in [0, 0.1) is 0 Å². The predicted molar refractivity (Wildman–Crippen MR) is 108 cm³/mol. The fourth-order valence-corrected chi connectivity index (χ4v) is 5.93. The van der Waals surface area contributed by atoms with Crippen LogP contribution < -0.4 is 10.0 Å². The van der Waals surface area contributed by atoms with Crippen molar-refractivity contribution in [1.82, 2.24) is 9.62 Å². The first-order valence-corrected chi connectivity index (χ1v) is 12.8. The van der Waals surface area contributed by atoms with Crippen molar-refractivity contribution in [3.8, 4) is 0 Å². The molecule has 152 valence electrons. The minimum atomic E-state index is -3.70. The summed E-state index contributed by atoms with van der Waals surface area (Å²) in [4.78, 5) is 12.6. The zero-order valence-corrected chi connectivity index (χ0v) is 17.6. The number of thiophene rings is 1. The molecule has 1 aromatic heterocycles. The summed E-state index contributed by atoms with van der Waals surface area (Å²) in [6.45, 7) is 0.681. The van der Waals surface area contributed by atoms with Crippen molar-refractivity contribution in [2.45, 2.75) is 23.1 Å². The van der Waals surface area contributed by atoms with Gasteiger partial charge in [0.2, 0.25) is 10.0 Å². The summed E-state index contributed by atoms with van der Waals surface area (Å²) in [6.07, 6.45) is 2.50. The van der Waals surface area contributed by atoms with Gasteiger partial charge >= 0.3 is 0 Å². The zero-order chi connectivity index (χ0) is 20.4. The topological polar surface area (TPSA) is 113 Å². The number of nitrogens with zero attached hydrogens (tertiary/aromatic N) is 1. The first-order chi connectivity index (χ1) is 13.1.